The minimum absolute atomic E-state index is 0.00103. The molecule has 0 spiro atoms. The van der Waals surface area contributed by atoms with Crippen LogP contribution in [0, 0.1) is 5.92 Å². The van der Waals surface area contributed by atoms with Crippen LogP contribution in [0.25, 0.3) is 16.9 Å². The zero-order chi connectivity index (χ0) is 24.3. The number of amides is 1. The second-order valence-electron chi connectivity index (χ2n) is 10.6. The molecule has 3 aromatic rings. The number of nitrogens with zero attached hydrogens (tertiary/aromatic N) is 3. The molecule has 0 radical (unpaired) electrons. The number of anilines is 2. The molecule has 190 valence electrons. The van der Waals surface area contributed by atoms with E-state index in [-0.39, 0.29) is 5.91 Å². The van der Waals surface area contributed by atoms with Gasteiger partial charge in [0.1, 0.15) is 5.82 Å². The second kappa shape index (κ2) is 10.5. The van der Waals surface area contributed by atoms with Crippen LogP contribution >= 0.6 is 0 Å². The molecule has 0 unspecified atom stereocenters. The first-order valence-electron chi connectivity index (χ1n) is 13.6. The molecule has 1 aliphatic heterocycles. The molecule has 2 saturated carbocycles. The summed E-state index contributed by atoms with van der Waals surface area (Å²) in [7, 11) is 0. The average molecular weight is 489 g/mol. The normalized spacial score (nSPS) is 19.3. The molecule has 2 aliphatic carbocycles. The fourth-order valence-electron chi connectivity index (χ4n) is 5.32. The van der Waals surface area contributed by atoms with Gasteiger partial charge in [-0.25, -0.2) is 9.50 Å². The van der Waals surface area contributed by atoms with Crippen LogP contribution in [0.15, 0.2) is 36.5 Å². The molecular weight excluding hydrogens is 452 g/mol. The summed E-state index contributed by atoms with van der Waals surface area (Å²) in [4.78, 5) is 17.2. The number of ether oxygens (including phenoxy) is 1. The van der Waals surface area contributed by atoms with E-state index in [0.717, 1.165) is 73.9 Å². The van der Waals surface area contributed by atoms with E-state index in [1.54, 1.807) is 0 Å². The summed E-state index contributed by atoms with van der Waals surface area (Å²) in [6.45, 7) is 2.59. The predicted molar refractivity (Wildman–Crippen MR) is 141 cm³/mol. The molecule has 6 rings (SSSR count). The smallest absolute Gasteiger partial charge is 0.251 e. The molecule has 2 aromatic heterocycles. The number of carbonyl (C=O) groups is 1. The van der Waals surface area contributed by atoms with Gasteiger partial charge in [0.2, 0.25) is 0 Å². The van der Waals surface area contributed by atoms with E-state index in [0.29, 0.717) is 23.6 Å². The number of rotatable bonds is 8. The van der Waals surface area contributed by atoms with Crippen molar-refractivity contribution in [1.29, 1.82) is 0 Å². The standard InChI is InChI=1S/C28H36N6O2/c35-28(32-23-10-11-23)21-8-6-20(7-9-21)25-18-30-27-24(29-17-19-12-14-36-15-13-19)16-26(33-34(25)27)31-22-4-2-1-3-5-22/h6-9,16,18-19,22-23,29H,1-5,10-15,17H2,(H,31,33)(H,32,35). The summed E-state index contributed by atoms with van der Waals surface area (Å²) in [5, 5.41) is 15.4. The van der Waals surface area contributed by atoms with E-state index in [4.69, 9.17) is 14.8 Å². The zero-order valence-electron chi connectivity index (χ0n) is 20.8. The van der Waals surface area contributed by atoms with Crippen LogP contribution in [0.2, 0.25) is 0 Å². The lowest BCUT2D eigenvalue weighted by molar-refractivity contribution is 0.0699. The fourth-order valence-corrected chi connectivity index (χ4v) is 5.32. The largest absolute Gasteiger partial charge is 0.382 e. The Labute approximate surface area is 212 Å². The highest BCUT2D eigenvalue weighted by molar-refractivity contribution is 5.95. The maximum Gasteiger partial charge on any atom is 0.251 e. The third kappa shape index (κ3) is 5.33. The monoisotopic (exact) mass is 488 g/mol. The molecule has 3 aliphatic rings. The molecule has 0 atom stereocenters. The molecular formula is C28H36N6O2. The quantitative estimate of drug-likeness (QED) is 0.419. The van der Waals surface area contributed by atoms with Gasteiger partial charge < -0.3 is 20.7 Å². The molecule has 1 amide bonds. The number of carbonyl (C=O) groups excluding carboxylic acids is 1. The van der Waals surface area contributed by atoms with Crippen LogP contribution in [0.5, 0.6) is 0 Å². The number of aromatic nitrogens is 3. The SMILES string of the molecule is O=C(NC1CC1)c1ccc(-c2cnc3c(NCC4CCOCC4)cc(NC4CCCCC4)nn23)cc1. The highest BCUT2D eigenvalue weighted by atomic mass is 16.5. The van der Waals surface area contributed by atoms with Gasteiger partial charge >= 0.3 is 0 Å². The summed E-state index contributed by atoms with van der Waals surface area (Å²) >= 11 is 0. The van der Waals surface area contributed by atoms with Crippen molar-refractivity contribution in [2.24, 2.45) is 5.92 Å². The number of benzene rings is 1. The number of imidazole rings is 1. The second-order valence-corrected chi connectivity index (χ2v) is 10.6. The van der Waals surface area contributed by atoms with E-state index in [1.165, 1.54) is 32.1 Å². The highest BCUT2D eigenvalue weighted by Crippen LogP contribution is 2.29. The molecule has 0 bridgehead atoms. The van der Waals surface area contributed by atoms with Gasteiger partial charge in [0, 0.05) is 49.0 Å². The third-order valence-corrected chi connectivity index (χ3v) is 7.70. The molecule has 8 nitrogen and oxygen atoms in total. The first kappa shape index (κ1) is 23.3. The number of hydrogen-bond donors (Lipinski definition) is 3. The van der Waals surface area contributed by atoms with Crippen molar-refractivity contribution in [3.05, 3.63) is 42.1 Å². The molecule has 3 N–H and O–H groups in total. The van der Waals surface area contributed by atoms with Gasteiger partial charge in [-0.2, -0.15) is 0 Å². The topological polar surface area (TPSA) is 92.6 Å². The van der Waals surface area contributed by atoms with Gasteiger partial charge in [0.15, 0.2) is 5.65 Å². The van der Waals surface area contributed by atoms with Crippen molar-refractivity contribution in [3.8, 4) is 11.3 Å². The molecule has 8 heteroatoms. The van der Waals surface area contributed by atoms with Gasteiger partial charge in [0.05, 0.1) is 17.6 Å². The highest BCUT2D eigenvalue weighted by Gasteiger charge is 2.24. The molecule has 3 fully saturated rings. The number of fused-ring (bicyclic) bond motifs is 1. The van der Waals surface area contributed by atoms with Gasteiger partial charge in [-0.3, -0.25) is 4.79 Å². The van der Waals surface area contributed by atoms with E-state index >= 15 is 0 Å². The molecule has 1 aromatic carbocycles. The Kier molecular flexibility index (Phi) is 6.77. The van der Waals surface area contributed by atoms with E-state index in [2.05, 4.69) is 22.0 Å². The Morgan fingerprint density at radius 1 is 0.972 bits per heavy atom. The minimum Gasteiger partial charge on any atom is -0.382 e. The van der Waals surface area contributed by atoms with Crippen LogP contribution in [0.4, 0.5) is 11.5 Å². The van der Waals surface area contributed by atoms with Crippen LogP contribution in [0.1, 0.15) is 68.1 Å². The van der Waals surface area contributed by atoms with Crippen LogP contribution in [-0.2, 0) is 4.74 Å². The number of hydrogen-bond acceptors (Lipinski definition) is 6. The molecule has 3 heterocycles. The summed E-state index contributed by atoms with van der Waals surface area (Å²) in [5.74, 6) is 1.48. The summed E-state index contributed by atoms with van der Waals surface area (Å²) in [6.07, 6.45) is 12.5. The molecule has 1 saturated heterocycles. The molecule has 36 heavy (non-hydrogen) atoms. The average Bonchev–Trinajstić information content (AvgIpc) is 3.64. The van der Waals surface area contributed by atoms with Gasteiger partial charge in [-0.05, 0) is 56.6 Å². The van der Waals surface area contributed by atoms with Gasteiger partial charge in [0.25, 0.3) is 5.91 Å². The van der Waals surface area contributed by atoms with Crippen molar-refractivity contribution < 1.29 is 9.53 Å². The Morgan fingerprint density at radius 3 is 2.50 bits per heavy atom. The lowest BCUT2D eigenvalue weighted by atomic mass is 9.95. The van der Waals surface area contributed by atoms with E-state index < -0.39 is 0 Å². The predicted octanol–water partition coefficient (Wildman–Crippen LogP) is 4.87. The van der Waals surface area contributed by atoms with E-state index in [1.807, 2.05) is 35.0 Å². The minimum atomic E-state index is -0.00103. The maximum atomic E-state index is 12.4. The van der Waals surface area contributed by atoms with Crippen molar-refractivity contribution in [1.82, 2.24) is 19.9 Å². The zero-order valence-corrected chi connectivity index (χ0v) is 20.8. The lowest BCUT2D eigenvalue weighted by Crippen LogP contribution is -2.25. The van der Waals surface area contributed by atoms with Crippen molar-refractivity contribution >= 4 is 23.1 Å². The van der Waals surface area contributed by atoms with E-state index in [9.17, 15) is 4.79 Å². The third-order valence-electron chi connectivity index (χ3n) is 7.70. The summed E-state index contributed by atoms with van der Waals surface area (Å²) < 4.78 is 7.47. The summed E-state index contributed by atoms with van der Waals surface area (Å²) in [5.41, 5.74) is 4.41. The Hall–Kier alpha value is -3.13. The summed E-state index contributed by atoms with van der Waals surface area (Å²) in [6, 6.07) is 10.7. The Balaban J connectivity index is 1.28. The van der Waals surface area contributed by atoms with Crippen LogP contribution < -0.4 is 16.0 Å². The Morgan fingerprint density at radius 2 is 1.75 bits per heavy atom. The van der Waals surface area contributed by atoms with Gasteiger partial charge in [-0.15, -0.1) is 5.10 Å². The first-order chi connectivity index (χ1) is 17.7. The first-order valence-corrected chi connectivity index (χ1v) is 13.6. The Bertz CT molecular complexity index is 1190. The van der Waals surface area contributed by atoms with Crippen LogP contribution in [0.3, 0.4) is 0 Å². The fraction of sp³-hybridized carbons (Fsp3) is 0.536. The van der Waals surface area contributed by atoms with Crippen LogP contribution in [-0.4, -0.2) is 52.3 Å². The van der Waals surface area contributed by atoms with Crippen molar-refractivity contribution in [3.63, 3.8) is 0 Å². The number of nitrogens with one attached hydrogen (secondary N) is 3. The van der Waals surface area contributed by atoms with Gasteiger partial charge in [-0.1, -0.05) is 31.4 Å². The maximum absolute atomic E-state index is 12.4. The lowest BCUT2D eigenvalue weighted by Gasteiger charge is -2.24. The van der Waals surface area contributed by atoms with Crippen molar-refractivity contribution in [2.45, 2.75) is 69.9 Å². The van der Waals surface area contributed by atoms with Crippen molar-refractivity contribution in [2.75, 3.05) is 30.4 Å².